The van der Waals surface area contributed by atoms with Crippen LogP contribution in [0.25, 0.3) is 0 Å². The number of alkyl carbamates (subject to hydrolysis) is 1. The van der Waals surface area contributed by atoms with Gasteiger partial charge in [-0.05, 0) is 66.1 Å². The fourth-order valence-corrected chi connectivity index (χ4v) is 4.41. The number of aliphatic hydroxyl groups is 1. The van der Waals surface area contributed by atoms with Crippen LogP contribution < -0.4 is 5.32 Å². The Balaban J connectivity index is 3.16. The number of rotatable bonds is 4. The van der Waals surface area contributed by atoms with E-state index in [9.17, 15) is 14.7 Å². The van der Waals surface area contributed by atoms with Crippen LogP contribution >= 0.6 is 0 Å². The van der Waals surface area contributed by atoms with E-state index < -0.39 is 43.8 Å². The number of nitrogens with one attached hydrogen (secondary N) is 1. The molecule has 0 unspecified atom stereocenters. The van der Waals surface area contributed by atoms with Crippen LogP contribution in [0.3, 0.4) is 0 Å². The van der Waals surface area contributed by atoms with Gasteiger partial charge in [0.05, 0.1) is 24.8 Å². The number of carbonyl (C=O) groups is 2. The lowest BCUT2D eigenvalue weighted by molar-refractivity contribution is -0.0300. The minimum absolute atomic E-state index is 0.0273. The monoisotopic (exact) mass is 460 g/mol. The predicted octanol–water partition coefficient (Wildman–Crippen LogP) is 4.27. The Hall–Kier alpha value is -1.32. The molecule has 1 heterocycles. The molecule has 0 aromatic heterocycles. The van der Waals surface area contributed by atoms with Gasteiger partial charge in [0.2, 0.25) is 0 Å². The maximum Gasteiger partial charge on any atom is 0.410 e. The van der Waals surface area contributed by atoms with Crippen molar-refractivity contribution in [1.82, 2.24) is 10.2 Å². The Morgan fingerprint density at radius 2 is 1.52 bits per heavy atom. The van der Waals surface area contributed by atoms with Crippen LogP contribution in [0, 0.1) is 0 Å². The summed E-state index contributed by atoms with van der Waals surface area (Å²) < 4.78 is 17.6. The third-order valence-corrected chi connectivity index (χ3v) is 10.1. The molecule has 2 N–H and O–H groups in total. The van der Waals surface area contributed by atoms with Gasteiger partial charge in [0, 0.05) is 6.54 Å². The van der Waals surface area contributed by atoms with E-state index in [4.69, 9.17) is 13.9 Å². The highest BCUT2D eigenvalue weighted by molar-refractivity contribution is 6.74. The molecule has 2 amide bonds. The Morgan fingerprint density at radius 1 is 1.00 bits per heavy atom. The average Bonchev–Trinajstić information content (AvgIpc) is 2.51. The zero-order valence-corrected chi connectivity index (χ0v) is 22.3. The van der Waals surface area contributed by atoms with E-state index in [-0.39, 0.29) is 24.3 Å². The van der Waals surface area contributed by atoms with Gasteiger partial charge < -0.3 is 29.2 Å². The van der Waals surface area contributed by atoms with Crippen LogP contribution in [0.4, 0.5) is 9.59 Å². The number of hydrogen-bond acceptors (Lipinski definition) is 6. The molecule has 31 heavy (non-hydrogen) atoms. The summed E-state index contributed by atoms with van der Waals surface area (Å²) in [4.78, 5) is 26.8. The lowest BCUT2D eigenvalue weighted by atomic mass is 9.96. The van der Waals surface area contributed by atoms with Gasteiger partial charge in [-0.3, -0.25) is 0 Å². The first-order valence-electron chi connectivity index (χ1n) is 11.0. The van der Waals surface area contributed by atoms with E-state index in [0.717, 1.165) is 0 Å². The second-order valence-electron chi connectivity index (χ2n) is 11.9. The molecule has 182 valence electrons. The Kier molecular flexibility index (Phi) is 8.64. The summed E-state index contributed by atoms with van der Waals surface area (Å²) in [5.41, 5.74) is -1.31. The topological polar surface area (TPSA) is 97.3 Å². The van der Waals surface area contributed by atoms with Gasteiger partial charge >= 0.3 is 12.2 Å². The van der Waals surface area contributed by atoms with Crippen LogP contribution in [0.15, 0.2) is 0 Å². The van der Waals surface area contributed by atoms with Crippen LogP contribution in [-0.4, -0.2) is 73.1 Å². The van der Waals surface area contributed by atoms with Gasteiger partial charge in [-0.1, -0.05) is 20.8 Å². The molecule has 8 nitrogen and oxygen atoms in total. The molecule has 3 atom stereocenters. The molecule has 0 radical (unpaired) electrons. The first-order valence-corrected chi connectivity index (χ1v) is 13.9. The number of amides is 2. The Morgan fingerprint density at radius 3 is 1.94 bits per heavy atom. The number of hydrogen-bond donors (Lipinski definition) is 2. The van der Waals surface area contributed by atoms with E-state index in [0.29, 0.717) is 6.42 Å². The summed E-state index contributed by atoms with van der Waals surface area (Å²) in [6.07, 6.45) is -1.05. The van der Waals surface area contributed by atoms with Crippen molar-refractivity contribution in [3.8, 4) is 0 Å². The van der Waals surface area contributed by atoms with Crippen molar-refractivity contribution >= 4 is 20.5 Å². The second kappa shape index (κ2) is 9.66. The van der Waals surface area contributed by atoms with Gasteiger partial charge in [0.25, 0.3) is 0 Å². The third kappa shape index (κ3) is 8.61. The lowest BCUT2D eigenvalue weighted by Gasteiger charge is -2.47. The van der Waals surface area contributed by atoms with Crippen molar-refractivity contribution in [1.29, 1.82) is 0 Å². The van der Waals surface area contributed by atoms with E-state index in [2.05, 4.69) is 39.2 Å². The van der Waals surface area contributed by atoms with E-state index in [1.165, 1.54) is 4.90 Å². The molecular weight excluding hydrogens is 416 g/mol. The number of nitrogens with zero attached hydrogens (tertiary/aromatic N) is 1. The van der Waals surface area contributed by atoms with E-state index in [1.807, 2.05) is 0 Å². The molecule has 1 fully saturated rings. The first-order chi connectivity index (χ1) is 13.8. The summed E-state index contributed by atoms with van der Waals surface area (Å²) in [6, 6.07) is -0.944. The molecular formula is C22H44N2O6Si. The summed E-state index contributed by atoms with van der Waals surface area (Å²) in [5.74, 6) is 0. The zero-order valence-electron chi connectivity index (χ0n) is 21.3. The SMILES string of the molecule is CC(C)(C)OC(=O)N[C@@H]1CN(C(=O)OC(C)(C)C)[C@H](CO)C[C@@H]1O[Si](C)(C)C(C)(C)C. The Labute approximate surface area is 189 Å². The number of piperidine rings is 1. The van der Waals surface area contributed by atoms with Gasteiger partial charge in [-0.25, -0.2) is 9.59 Å². The quantitative estimate of drug-likeness (QED) is 0.608. The largest absolute Gasteiger partial charge is 0.444 e. The number of aliphatic hydroxyl groups excluding tert-OH is 1. The maximum absolute atomic E-state index is 12.8. The average molecular weight is 461 g/mol. The van der Waals surface area contributed by atoms with Crippen molar-refractivity contribution in [3.05, 3.63) is 0 Å². The molecule has 1 saturated heterocycles. The fourth-order valence-electron chi connectivity index (χ4n) is 3.04. The molecule has 0 aliphatic carbocycles. The van der Waals surface area contributed by atoms with Crippen LogP contribution in [0.2, 0.25) is 18.1 Å². The molecule has 0 aromatic rings. The molecule has 1 aliphatic heterocycles. The van der Waals surface area contributed by atoms with Gasteiger partial charge in [0.1, 0.15) is 11.2 Å². The highest BCUT2D eigenvalue weighted by Crippen LogP contribution is 2.39. The zero-order chi connectivity index (χ0) is 24.4. The number of ether oxygens (including phenoxy) is 2. The fraction of sp³-hybridized carbons (Fsp3) is 0.909. The molecule has 0 saturated carbocycles. The first kappa shape index (κ1) is 27.7. The highest BCUT2D eigenvalue weighted by atomic mass is 28.4. The second-order valence-corrected chi connectivity index (χ2v) is 16.6. The molecule has 1 rings (SSSR count). The van der Waals surface area contributed by atoms with Gasteiger partial charge in [-0.2, -0.15) is 0 Å². The van der Waals surface area contributed by atoms with Crippen molar-refractivity contribution in [2.24, 2.45) is 0 Å². The third-order valence-electron chi connectivity index (χ3n) is 5.58. The highest BCUT2D eigenvalue weighted by Gasteiger charge is 2.46. The van der Waals surface area contributed by atoms with Crippen molar-refractivity contribution in [3.63, 3.8) is 0 Å². The Bertz CT molecular complexity index is 633. The smallest absolute Gasteiger partial charge is 0.410 e. The maximum atomic E-state index is 12.8. The number of carbonyl (C=O) groups excluding carboxylic acids is 2. The summed E-state index contributed by atoms with van der Waals surface area (Å²) in [7, 11) is -2.17. The van der Waals surface area contributed by atoms with Crippen molar-refractivity contribution < 1.29 is 28.6 Å². The predicted molar refractivity (Wildman–Crippen MR) is 124 cm³/mol. The van der Waals surface area contributed by atoms with Gasteiger partial charge in [0.15, 0.2) is 8.32 Å². The standard InChI is InChI=1S/C22H44N2O6Si/c1-20(2,3)28-18(26)23-16-13-24(19(27)29-21(4,5)6)15(14-25)12-17(16)30-31(10,11)22(7,8)9/h15-17,25H,12-14H2,1-11H3,(H,23,26)/t15-,16+,17-/m0/s1. The number of likely N-dealkylation sites (tertiary alicyclic amines) is 1. The minimum atomic E-state index is -2.17. The van der Waals surface area contributed by atoms with Crippen molar-refractivity contribution in [2.75, 3.05) is 13.2 Å². The lowest BCUT2D eigenvalue weighted by Crippen LogP contribution is -2.64. The van der Waals surface area contributed by atoms with Crippen molar-refractivity contribution in [2.45, 2.75) is 116 Å². The van der Waals surface area contributed by atoms with Gasteiger partial charge in [-0.15, -0.1) is 0 Å². The van der Waals surface area contributed by atoms with E-state index in [1.54, 1.807) is 41.5 Å². The summed E-state index contributed by atoms with van der Waals surface area (Å²) in [5, 5.41) is 12.9. The van der Waals surface area contributed by atoms with Crippen LogP contribution in [0.1, 0.15) is 68.7 Å². The molecule has 0 aromatic carbocycles. The molecule has 1 aliphatic rings. The molecule has 9 heteroatoms. The van der Waals surface area contributed by atoms with Crippen LogP contribution in [0.5, 0.6) is 0 Å². The molecule has 0 bridgehead atoms. The summed E-state index contributed by atoms with van der Waals surface area (Å²) in [6.45, 7) is 21.5. The normalized spacial score (nSPS) is 23.4. The van der Waals surface area contributed by atoms with E-state index >= 15 is 0 Å². The summed E-state index contributed by atoms with van der Waals surface area (Å²) >= 11 is 0. The minimum Gasteiger partial charge on any atom is -0.444 e. The molecule has 0 spiro atoms. The van der Waals surface area contributed by atoms with Crippen LogP contribution in [-0.2, 0) is 13.9 Å².